The van der Waals surface area contributed by atoms with Gasteiger partial charge in [-0.2, -0.15) is 5.26 Å². The summed E-state index contributed by atoms with van der Waals surface area (Å²) in [6, 6.07) is 32.2. The molecular formula is C35H27N2O+. The molecule has 0 spiro atoms. The van der Waals surface area contributed by atoms with Crippen LogP contribution < -0.4 is 4.57 Å². The molecule has 0 atom stereocenters. The van der Waals surface area contributed by atoms with Gasteiger partial charge in [0.2, 0.25) is 5.69 Å². The standard InChI is InChI=1S/C35H27N2O/c1-21-12-15-25-26-16-13-23(20-36)32(34(26)38-33(25)31(21)30-11-7-8-18-37(30)4)22-14-17-29-27(19-22)24-9-5-6-10-28(24)35(29,2)3/h5-19H,1-4H3/q+1. The van der Waals surface area contributed by atoms with Gasteiger partial charge in [0.1, 0.15) is 18.2 Å². The molecule has 0 radical (unpaired) electrons. The fourth-order valence-corrected chi connectivity index (χ4v) is 6.36. The van der Waals surface area contributed by atoms with Gasteiger partial charge >= 0.3 is 0 Å². The average molecular weight is 492 g/mol. The number of aryl methyl sites for hydroxylation is 2. The molecule has 2 heterocycles. The summed E-state index contributed by atoms with van der Waals surface area (Å²) in [6.45, 7) is 6.69. The van der Waals surface area contributed by atoms with Crippen molar-refractivity contribution in [2.45, 2.75) is 26.2 Å². The number of aromatic nitrogens is 1. The Bertz CT molecular complexity index is 1980. The van der Waals surface area contributed by atoms with Gasteiger partial charge in [0.25, 0.3) is 0 Å². The molecule has 0 amide bonds. The van der Waals surface area contributed by atoms with Crippen LogP contribution in [0.3, 0.4) is 0 Å². The minimum Gasteiger partial charge on any atom is -0.454 e. The zero-order chi connectivity index (χ0) is 26.2. The molecule has 0 fully saturated rings. The molecule has 38 heavy (non-hydrogen) atoms. The van der Waals surface area contributed by atoms with Crippen LogP contribution in [0.4, 0.5) is 0 Å². The summed E-state index contributed by atoms with van der Waals surface area (Å²) in [5.74, 6) is 0. The van der Waals surface area contributed by atoms with Crippen LogP contribution >= 0.6 is 0 Å². The van der Waals surface area contributed by atoms with E-state index in [2.05, 4.69) is 111 Å². The Morgan fingerprint density at radius 3 is 2.26 bits per heavy atom. The van der Waals surface area contributed by atoms with Crippen molar-refractivity contribution in [3.63, 3.8) is 0 Å². The van der Waals surface area contributed by atoms with E-state index in [1.807, 2.05) is 18.2 Å². The van der Waals surface area contributed by atoms with Gasteiger partial charge in [-0.3, -0.25) is 0 Å². The summed E-state index contributed by atoms with van der Waals surface area (Å²) in [5.41, 5.74) is 12.5. The molecule has 0 saturated carbocycles. The predicted octanol–water partition coefficient (Wildman–Crippen LogP) is 8.23. The highest BCUT2D eigenvalue weighted by Crippen LogP contribution is 2.50. The number of fused-ring (bicyclic) bond motifs is 6. The fraction of sp³-hybridized carbons (Fsp3) is 0.143. The van der Waals surface area contributed by atoms with Gasteiger partial charge in [-0.15, -0.1) is 0 Å². The molecule has 3 heteroatoms. The number of furan rings is 1. The highest BCUT2D eigenvalue weighted by Gasteiger charge is 2.35. The molecule has 0 bridgehead atoms. The third kappa shape index (κ3) is 2.98. The van der Waals surface area contributed by atoms with Crippen LogP contribution in [-0.2, 0) is 12.5 Å². The van der Waals surface area contributed by atoms with Crippen molar-refractivity contribution in [1.82, 2.24) is 0 Å². The highest BCUT2D eigenvalue weighted by molar-refractivity contribution is 6.14. The summed E-state index contributed by atoms with van der Waals surface area (Å²) >= 11 is 0. The Kier molecular flexibility index (Phi) is 4.68. The number of nitrogens with zero attached hydrogens (tertiary/aromatic N) is 2. The smallest absolute Gasteiger partial charge is 0.216 e. The van der Waals surface area contributed by atoms with E-state index in [0.717, 1.165) is 49.9 Å². The number of rotatable bonds is 2. The van der Waals surface area contributed by atoms with E-state index in [0.29, 0.717) is 5.56 Å². The summed E-state index contributed by atoms with van der Waals surface area (Å²) in [4.78, 5) is 0. The molecule has 0 saturated heterocycles. The molecule has 4 aromatic carbocycles. The van der Waals surface area contributed by atoms with Crippen LogP contribution in [-0.4, -0.2) is 0 Å². The zero-order valence-corrected chi connectivity index (χ0v) is 22.0. The number of benzene rings is 4. The van der Waals surface area contributed by atoms with Crippen molar-refractivity contribution in [2.24, 2.45) is 7.05 Å². The van der Waals surface area contributed by atoms with Crippen LogP contribution in [0.2, 0.25) is 0 Å². The largest absolute Gasteiger partial charge is 0.454 e. The van der Waals surface area contributed by atoms with Crippen LogP contribution in [0.5, 0.6) is 0 Å². The molecule has 7 rings (SSSR count). The first kappa shape index (κ1) is 22.5. The minimum absolute atomic E-state index is 0.0640. The lowest BCUT2D eigenvalue weighted by atomic mass is 9.82. The summed E-state index contributed by atoms with van der Waals surface area (Å²) in [5, 5.41) is 12.2. The van der Waals surface area contributed by atoms with Crippen molar-refractivity contribution >= 4 is 21.9 Å². The maximum Gasteiger partial charge on any atom is 0.216 e. The van der Waals surface area contributed by atoms with E-state index in [1.54, 1.807) is 0 Å². The number of pyridine rings is 1. The Hall–Kier alpha value is -4.68. The monoisotopic (exact) mass is 491 g/mol. The molecule has 3 nitrogen and oxygen atoms in total. The van der Waals surface area contributed by atoms with Crippen molar-refractivity contribution < 1.29 is 8.98 Å². The average Bonchev–Trinajstić information content (AvgIpc) is 3.41. The normalized spacial score (nSPS) is 13.4. The van der Waals surface area contributed by atoms with Gasteiger partial charge in [-0.1, -0.05) is 62.4 Å². The first-order valence-electron chi connectivity index (χ1n) is 13.0. The van der Waals surface area contributed by atoms with Crippen LogP contribution in [0.25, 0.3) is 55.4 Å². The summed E-state index contributed by atoms with van der Waals surface area (Å²) in [6.07, 6.45) is 2.05. The lowest BCUT2D eigenvalue weighted by molar-refractivity contribution is -0.660. The van der Waals surface area contributed by atoms with Gasteiger partial charge in [-0.25, -0.2) is 4.57 Å². The SMILES string of the molecule is Cc1ccc2c(oc3c(-c4ccc5c(c4)-c4ccccc4C5(C)C)c(C#N)ccc32)c1-c1cccc[n+]1C. The molecule has 1 aliphatic carbocycles. The minimum atomic E-state index is -0.0640. The van der Waals surface area contributed by atoms with E-state index >= 15 is 0 Å². The maximum absolute atomic E-state index is 10.2. The van der Waals surface area contributed by atoms with E-state index in [1.165, 1.54) is 22.3 Å². The summed E-state index contributed by atoms with van der Waals surface area (Å²) in [7, 11) is 2.05. The Morgan fingerprint density at radius 2 is 1.47 bits per heavy atom. The molecule has 2 aromatic heterocycles. The maximum atomic E-state index is 10.2. The van der Waals surface area contributed by atoms with Crippen molar-refractivity contribution in [3.05, 3.63) is 113 Å². The van der Waals surface area contributed by atoms with E-state index in [-0.39, 0.29) is 5.41 Å². The van der Waals surface area contributed by atoms with Gasteiger partial charge in [-0.05, 0) is 64.6 Å². The molecule has 1 aliphatic rings. The van der Waals surface area contributed by atoms with Gasteiger partial charge in [0.05, 0.1) is 17.2 Å². The third-order valence-corrected chi connectivity index (χ3v) is 8.32. The Labute approximate surface area is 222 Å². The number of nitriles is 1. The zero-order valence-electron chi connectivity index (χ0n) is 22.0. The second-order valence-corrected chi connectivity index (χ2v) is 10.8. The van der Waals surface area contributed by atoms with Crippen molar-refractivity contribution in [3.8, 4) is 39.6 Å². The summed E-state index contributed by atoms with van der Waals surface area (Å²) < 4.78 is 8.89. The number of hydrogen-bond donors (Lipinski definition) is 0. The molecule has 0 unspecified atom stereocenters. The molecule has 6 aromatic rings. The van der Waals surface area contributed by atoms with Crippen molar-refractivity contribution in [1.29, 1.82) is 5.26 Å². The molecule has 0 N–H and O–H groups in total. The fourth-order valence-electron chi connectivity index (χ4n) is 6.36. The van der Waals surface area contributed by atoms with Gasteiger partial charge in [0.15, 0.2) is 6.20 Å². The number of hydrogen-bond acceptors (Lipinski definition) is 2. The van der Waals surface area contributed by atoms with Crippen LogP contribution in [0.1, 0.15) is 36.1 Å². The topological polar surface area (TPSA) is 40.8 Å². The lowest BCUT2D eigenvalue weighted by Crippen LogP contribution is -2.30. The van der Waals surface area contributed by atoms with E-state index in [4.69, 9.17) is 4.42 Å². The van der Waals surface area contributed by atoms with Crippen LogP contribution in [0.15, 0.2) is 95.5 Å². The molecule has 0 aliphatic heterocycles. The second-order valence-electron chi connectivity index (χ2n) is 10.8. The molecule has 182 valence electrons. The quantitative estimate of drug-likeness (QED) is 0.229. The van der Waals surface area contributed by atoms with Crippen LogP contribution in [0, 0.1) is 18.3 Å². The third-order valence-electron chi connectivity index (χ3n) is 8.32. The molecular weight excluding hydrogens is 464 g/mol. The lowest BCUT2D eigenvalue weighted by Gasteiger charge is -2.21. The van der Waals surface area contributed by atoms with E-state index in [9.17, 15) is 5.26 Å². The predicted molar refractivity (Wildman–Crippen MR) is 153 cm³/mol. The van der Waals surface area contributed by atoms with Crippen molar-refractivity contribution in [2.75, 3.05) is 0 Å². The Balaban J connectivity index is 1.54. The first-order chi connectivity index (χ1) is 18.4. The second kappa shape index (κ2) is 7.91. The highest BCUT2D eigenvalue weighted by atomic mass is 16.3. The van der Waals surface area contributed by atoms with Gasteiger partial charge < -0.3 is 4.42 Å². The first-order valence-corrected chi connectivity index (χ1v) is 13.0. The Morgan fingerprint density at radius 1 is 0.763 bits per heavy atom. The van der Waals surface area contributed by atoms with Gasteiger partial charge in [0, 0.05) is 33.9 Å². The van der Waals surface area contributed by atoms with E-state index < -0.39 is 0 Å².